The van der Waals surface area contributed by atoms with Gasteiger partial charge < -0.3 is 14.8 Å². The Hall–Kier alpha value is -4.74. The van der Waals surface area contributed by atoms with Crippen LogP contribution in [0.5, 0.6) is 11.5 Å². The second-order valence-electron chi connectivity index (χ2n) is 7.41. The number of nitro groups is 1. The van der Waals surface area contributed by atoms with Crippen molar-refractivity contribution in [3.8, 4) is 11.5 Å². The normalized spacial score (nSPS) is 11.1. The highest BCUT2D eigenvalue weighted by molar-refractivity contribution is 6.06. The van der Waals surface area contributed by atoms with Crippen LogP contribution in [0.3, 0.4) is 0 Å². The van der Waals surface area contributed by atoms with E-state index in [1.54, 1.807) is 49.4 Å². The highest BCUT2D eigenvalue weighted by Gasteiger charge is 2.29. The summed E-state index contributed by atoms with van der Waals surface area (Å²) in [6, 6.07) is 11.7. The predicted octanol–water partition coefficient (Wildman–Crippen LogP) is 3.06. The number of benzene rings is 2. The van der Waals surface area contributed by atoms with Crippen LogP contribution in [0.25, 0.3) is 0 Å². The minimum atomic E-state index is -0.767. The summed E-state index contributed by atoms with van der Waals surface area (Å²) in [5.74, 6) is -0.190. The minimum absolute atomic E-state index is 0.126. The molecule has 1 heterocycles. The minimum Gasteiger partial charge on any atom is -0.493 e. The number of ether oxygens (including phenoxy) is 2. The molecular weight excluding hydrogens is 456 g/mol. The Morgan fingerprint density at radius 2 is 1.77 bits per heavy atom. The number of hydrogen-bond acceptors (Lipinski definition) is 8. The zero-order chi connectivity index (χ0) is 25.7. The number of carbonyl (C=O) groups is 2. The van der Waals surface area contributed by atoms with Gasteiger partial charge in [-0.25, -0.2) is 5.43 Å². The van der Waals surface area contributed by atoms with Crippen LogP contribution in [0.2, 0.25) is 0 Å². The Bertz CT molecular complexity index is 1330. The first-order valence-corrected chi connectivity index (χ1v) is 10.3. The standard InChI is InChI=1S/C23H24N6O6/c1-13(25-26-23(31)21-20(29(32)33)14(2)27-28(21)3)15-7-6-8-17(11-15)24-22(30)16-9-10-18(34-4)19(12-16)35-5/h6-12H,1-5H3,(H,24,30)(H,26,31). The SMILES string of the molecule is COc1ccc(C(=O)Nc2cccc(C(C)=NNC(=O)c3c([N+](=O)[O-])c(C)nn3C)c2)cc1OC. The summed E-state index contributed by atoms with van der Waals surface area (Å²) in [4.78, 5) is 35.9. The zero-order valence-corrected chi connectivity index (χ0v) is 19.8. The molecule has 0 saturated carbocycles. The van der Waals surface area contributed by atoms with E-state index in [0.29, 0.717) is 34.0 Å². The van der Waals surface area contributed by atoms with Gasteiger partial charge in [-0.05, 0) is 49.7 Å². The van der Waals surface area contributed by atoms with Crippen molar-refractivity contribution in [2.45, 2.75) is 13.8 Å². The molecule has 0 radical (unpaired) electrons. The maximum Gasteiger partial charge on any atom is 0.322 e. The first-order valence-electron chi connectivity index (χ1n) is 10.3. The number of aryl methyl sites for hydroxylation is 2. The molecule has 1 aromatic heterocycles. The first-order chi connectivity index (χ1) is 16.7. The average molecular weight is 480 g/mol. The van der Waals surface area contributed by atoms with Crippen LogP contribution in [0.15, 0.2) is 47.6 Å². The van der Waals surface area contributed by atoms with Crippen molar-refractivity contribution in [3.63, 3.8) is 0 Å². The third-order valence-electron chi connectivity index (χ3n) is 5.10. The second kappa shape index (κ2) is 10.5. The Morgan fingerprint density at radius 1 is 1.06 bits per heavy atom. The third-order valence-corrected chi connectivity index (χ3v) is 5.10. The summed E-state index contributed by atoms with van der Waals surface area (Å²) in [7, 11) is 4.43. The van der Waals surface area contributed by atoms with Crippen LogP contribution in [-0.2, 0) is 7.05 Å². The average Bonchev–Trinajstić information content (AvgIpc) is 3.15. The fourth-order valence-corrected chi connectivity index (χ4v) is 3.37. The number of nitrogens with zero attached hydrogens (tertiary/aromatic N) is 4. The second-order valence-corrected chi connectivity index (χ2v) is 7.41. The summed E-state index contributed by atoms with van der Waals surface area (Å²) in [5.41, 5.74) is 3.78. The lowest BCUT2D eigenvalue weighted by atomic mass is 10.1. The molecule has 0 saturated heterocycles. The van der Waals surface area contributed by atoms with Crippen molar-refractivity contribution in [2.75, 3.05) is 19.5 Å². The molecule has 35 heavy (non-hydrogen) atoms. The quantitative estimate of drug-likeness (QED) is 0.286. The Labute approximate surface area is 200 Å². The first kappa shape index (κ1) is 24.9. The van der Waals surface area contributed by atoms with Gasteiger partial charge in [0.1, 0.15) is 5.69 Å². The van der Waals surface area contributed by atoms with Gasteiger partial charge in [-0.1, -0.05) is 12.1 Å². The maximum atomic E-state index is 12.7. The van der Waals surface area contributed by atoms with Crippen molar-refractivity contribution in [1.29, 1.82) is 0 Å². The Balaban J connectivity index is 1.76. The number of nitrogens with one attached hydrogen (secondary N) is 2. The van der Waals surface area contributed by atoms with Gasteiger partial charge in [0.15, 0.2) is 11.5 Å². The zero-order valence-electron chi connectivity index (χ0n) is 19.8. The van der Waals surface area contributed by atoms with Gasteiger partial charge in [0.25, 0.3) is 11.8 Å². The van der Waals surface area contributed by atoms with Gasteiger partial charge >= 0.3 is 5.69 Å². The number of methoxy groups -OCH3 is 2. The topological polar surface area (TPSA) is 150 Å². The van der Waals surface area contributed by atoms with Crippen molar-refractivity contribution in [2.24, 2.45) is 12.1 Å². The molecule has 0 fully saturated rings. The summed E-state index contributed by atoms with van der Waals surface area (Å²) in [5, 5.41) is 22.1. The predicted molar refractivity (Wildman–Crippen MR) is 128 cm³/mol. The molecule has 12 heteroatoms. The number of hydrogen-bond donors (Lipinski definition) is 2. The molecule has 0 aliphatic rings. The van der Waals surface area contributed by atoms with Crippen molar-refractivity contribution in [1.82, 2.24) is 15.2 Å². The largest absolute Gasteiger partial charge is 0.493 e. The molecule has 0 bridgehead atoms. The van der Waals surface area contributed by atoms with Crippen LogP contribution in [-0.4, -0.2) is 46.4 Å². The van der Waals surface area contributed by atoms with Crippen LogP contribution >= 0.6 is 0 Å². The molecule has 3 aromatic rings. The summed E-state index contributed by atoms with van der Waals surface area (Å²) >= 11 is 0. The van der Waals surface area contributed by atoms with Gasteiger partial charge in [-0.2, -0.15) is 10.2 Å². The number of amides is 2. The van der Waals surface area contributed by atoms with Gasteiger partial charge in [0.05, 0.1) is 24.9 Å². The summed E-state index contributed by atoms with van der Waals surface area (Å²) in [6.45, 7) is 3.10. The maximum absolute atomic E-state index is 12.7. The number of carbonyl (C=O) groups excluding carboxylic acids is 2. The molecule has 182 valence electrons. The van der Waals surface area contributed by atoms with Crippen LogP contribution in [0.4, 0.5) is 11.4 Å². The molecule has 0 unspecified atom stereocenters. The van der Waals surface area contributed by atoms with E-state index in [1.807, 2.05) is 0 Å². The van der Waals surface area contributed by atoms with Gasteiger partial charge in [0.2, 0.25) is 5.69 Å². The van der Waals surface area contributed by atoms with Crippen molar-refractivity contribution in [3.05, 3.63) is 75.1 Å². The van der Waals surface area contributed by atoms with Crippen LogP contribution in [0.1, 0.15) is 39.0 Å². The lowest BCUT2D eigenvalue weighted by Crippen LogP contribution is -2.23. The molecule has 0 atom stereocenters. The van der Waals surface area contributed by atoms with Crippen LogP contribution < -0.4 is 20.2 Å². The molecule has 2 aromatic carbocycles. The Kier molecular flexibility index (Phi) is 7.44. The van der Waals surface area contributed by atoms with E-state index in [4.69, 9.17) is 9.47 Å². The molecule has 2 N–H and O–H groups in total. The highest BCUT2D eigenvalue weighted by atomic mass is 16.6. The molecule has 0 aliphatic heterocycles. The van der Waals surface area contributed by atoms with E-state index < -0.39 is 10.8 Å². The van der Waals surface area contributed by atoms with E-state index in [2.05, 4.69) is 20.9 Å². The fraction of sp³-hybridized carbons (Fsp3) is 0.217. The van der Waals surface area contributed by atoms with Crippen molar-refractivity contribution < 1.29 is 24.0 Å². The number of anilines is 1. The Morgan fingerprint density at radius 3 is 2.43 bits per heavy atom. The van der Waals surface area contributed by atoms with Crippen molar-refractivity contribution >= 4 is 28.9 Å². The monoisotopic (exact) mass is 480 g/mol. The fourth-order valence-electron chi connectivity index (χ4n) is 3.37. The summed E-state index contributed by atoms with van der Waals surface area (Å²) in [6.07, 6.45) is 0. The van der Waals surface area contributed by atoms with Gasteiger partial charge in [0, 0.05) is 18.3 Å². The van der Waals surface area contributed by atoms with E-state index in [1.165, 1.54) is 28.2 Å². The molecule has 12 nitrogen and oxygen atoms in total. The molecule has 0 spiro atoms. The van der Waals surface area contributed by atoms with Crippen LogP contribution in [0, 0.1) is 17.0 Å². The number of hydrazone groups is 1. The van der Waals surface area contributed by atoms with E-state index >= 15 is 0 Å². The third kappa shape index (κ3) is 5.43. The lowest BCUT2D eigenvalue weighted by molar-refractivity contribution is -0.385. The van der Waals surface area contributed by atoms with E-state index in [9.17, 15) is 19.7 Å². The number of aromatic nitrogens is 2. The van der Waals surface area contributed by atoms with Gasteiger partial charge in [-0.15, -0.1) is 0 Å². The smallest absolute Gasteiger partial charge is 0.322 e. The van der Waals surface area contributed by atoms with Gasteiger partial charge in [-0.3, -0.25) is 24.4 Å². The highest BCUT2D eigenvalue weighted by Crippen LogP contribution is 2.28. The lowest BCUT2D eigenvalue weighted by Gasteiger charge is -2.11. The van der Waals surface area contributed by atoms with E-state index in [0.717, 1.165) is 4.68 Å². The molecular formula is C23H24N6O6. The molecule has 2 amide bonds. The summed E-state index contributed by atoms with van der Waals surface area (Å²) < 4.78 is 11.6. The number of rotatable bonds is 8. The van der Waals surface area contributed by atoms with E-state index in [-0.39, 0.29) is 23.0 Å². The molecule has 3 rings (SSSR count). The molecule has 0 aliphatic carbocycles.